The first-order valence-corrected chi connectivity index (χ1v) is 22.3. The number of Topliss-reactive ketones (excluding diaryl/α,β-unsaturated/α-hetero) is 1. The van der Waals surface area contributed by atoms with E-state index >= 15 is 0 Å². The van der Waals surface area contributed by atoms with Crippen molar-refractivity contribution in [2.45, 2.75) is 92.1 Å². The van der Waals surface area contributed by atoms with Gasteiger partial charge in [-0.05, 0) is 43.7 Å². The summed E-state index contributed by atoms with van der Waals surface area (Å²) in [7, 11) is 3.10. The first-order valence-electron chi connectivity index (χ1n) is 22.3. The lowest BCUT2D eigenvalue weighted by Gasteiger charge is -2.38. The van der Waals surface area contributed by atoms with Gasteiger partial charge in [0, 0.05) is 99.4 Å². The minimum atomic E-state index is -1.95. The van der Waals surface area contributed by atoms with Crippen molar-refractivity contribution in [1.82, 2.24) is 9.91 Å². The fourth-order valence-electron chi connectivity index (χ4n) is 8.96. The number of aromatic hydroxyl groups is 2. The first-order chi connectivity index (χ1) is 31.3. The van der Waals surface area contributed by atoms with Gasteiger partial charge in [0.1, 0.15) is 23.4 Å². The Balaban J connectivity index is 1.41. The fraction of sp³-hybridized carbons (Fsp3) is 0.480. The number of hydrogen-bond donors (Lipinski definition) is 5. The summed E-state index contributed by atoms with van der Waals surface area (Å²) in [6, 6.07) is 9.51. The van der Waals surface area contributed by atoms with Gasteiger partial charge in [-0.1, -0.05) is 58.1 Å². The number of hydrazone groups is 1. The van der Waals surface area contributed by atoms with E-state index in [2.05, 4.69) is 16.3 Å². The zero-order valence-electron chi connectivity index (χ0n) is 39.4. The van der Waals surface area contributed by atoms with Crippen LogP contribution in [0.1, 0.15) is 75.5 Å². The second-order valence-electron chi connectivity index (χ2n) is 17.8. The van der Waals surface area contributed by atoms with Crippen LogP contribution in [-0.2, 0) is 30.3 Å². The average Bonchev–Trinajstić information content (AvgIpc) is 3.56. The molecule has 5 bridgehead atoms. The van der Waals surface area contributed by atoms with E-state index in [1.165, 1.54) is 33.4 Å². The topological polar surface area (TPSA) is 209 Å². The molecular weight excluding hydrogens is 849 g/mol. The molecule has 4 aliphatic heterocycles. The number of phenolic OH excluding ortho intramolecular Hbond substituents is 2. The average molecular weight is 913 g/mol. The van der Waals surface area contributed by atoms with Crippen molar-refractivity contribution in [2.75, 3.05) is 45.7 Å². The number of carbonyl (C=O) groups excluding carboxylic acids is 3. The van der Waals surface area contributed by atoms with Gasteiger partial charge < -0.3 is 49.4 Å². The Labute approximate surface area is 386 Å². The van der Waals surface area contributed by atoms with E-state index in [0.717, 1.165) is 17.9 Å². The Bertz CT molecular complexity index is 2420. The van der Waals surface area contributed by atoms with Crippen LogP contribution in [0.3, 0.4) is 0 Å². The molecule has 16 heteroatoms. The number of ether oxygens (including phenoxy) is 5. The van der Waals surface area contributed by atoms with Crippen molar-refractivity contribution < 1.29 is 58.5 Å². The lowest BCUT2D eigenvalue weighted by Crippen LogP contribution is -2.46. The van der Waals surface area contributed by atoms with E-state index in [9.17, 15) is 34.8 Å². The molecule has 1 amide bonds. The molecule has 4 heterocycles. The Kier molecular flexibility index (Phi) is 15.5. The number of piperazine rings is 1. The predicted molar refractivity (Wildman–Crippen MR) is 250 cm³/mol. The van der Waals surface area contributed by atoms with Crippen molar-refractivity contribution in [3.63, 3.8) is 0 Å². The van der Waals surface area contributed by atoms with E-state index in [1.54, 1.807) is 79.0 Å². The number of methoxy groups -OCH3 is 2. The third-order valence-corrected chi connectivity index (χ3v) is 13.1. The third-order valence-electron chi connectivity index (χ3n) is 13.1. The van der Waals surface area contributed by atoms with Crippen molar-refractivity contribution >= 4 is 40.3 Å². The molecular formula is C50H64N4O12. The number of hydrogen-bond acceptors (Lipinski definition) is 15. The number of anilines is 1. The number of ketones is 1. The SMILES string of the molecule is COc1cccc(CN2CCN(/N=C/c3cc4c5c6c(C)c(O)c4c(O)c3NC(=O)/C(C)=C\C=C\C(C)C(O)C(C)C(O)C(C)C(OC(C)=O)C(C)C(OC)/C=C/OC(C)(O6)C5=O)CC2)c1. The number of rotatable bonds is 7. The molecule has 9 atom stereocenters. The first kappa shape index (κ1) is 49.5. The zero-order chi connectivity index (χ0) is 48.2. The summed E-state index contributed by atoms with van der Waals surface area (Å²) >= 11 is 0. The summed E-state index contributed by atoms with van der Waals surface area (Å²) in [5.41, 5.74) is 1.76. The summed E-state index contributed by atoms with van der Waals surface area (Å²) in [5, 5.41) is 56.3. The molecule has 7 rings (SSSR count). The number of carbonyl (C=O) groups is 3. The van der Waals surface area contributed by atoms with E-state index in [-0.39, 0.29) is 50.2 Å². The van der Waals surface area contributed by atoms with Crippen LogP contribution in [0.15, 0.2) is 71.6 Å². The molecule has 4 aliphatic rings. The van der Waals surface area contributed by atoms with Gasteiger partial charge >= 0.3 is 11.8 Å². The molecule has 9 unspecified atom stereocenters. The van der Waals surface area contributed by atoms with Crippen LogP contribution < -0.4 is 14.8 Å². The Morgan fingerprint density at radius 3 is 2.35 bits per heavy atom. The van der Waals surface area contributed by atoms with Gasteiger partial charge in [0.2, 0.25) is 0 Å². The van der Waals surface area contributed by atoms with Crippen molar-refractivity contribution in [1.29, 1.82) is 0 Å². The Morgan fingerprint density at radius 2 is 1.68 bits per heavy atom. The van der Waals surface area contributed by atoms with Crippen molar-refractivity contribution in [3.05, 3.63) is 88.7 Å². The van der Waals surface area contributed by atoms with Gasteiger partial charge in [-0.2, -0.15) is 5.10 Å². The quantitative estimate of drug-likeness (QED) is 0.102. The van der Waals surface area contributed by atoms with E-state index in [1.807, 2.05) is 23.2 Å². The maximum Gasteiger partial charge on any atom is 0.312 e. The largest absolute Gasteiger partial charge is 0.507 e. The highest BCUT2D eigenvalue weighted by Crippen LogP contribution is 2.51. The van der Waals surface area contributed by atoms with E-state index < -0.39 is 77.3 Å². The summed E-state index contributed by atoms with van der Waals surface area (Å²) in [6.45, 7) is 16.2. The molecule has 1 saturated heterocycles. The minimum absolute atomic E-state index is 0.0423. The second kappa shape index (κ2) is 20.7. The minimum Gasteiger partial charge on any atom is -0.507 e. The number of aliphatic hydroxyl groups is 2. The number of phenols is 2. The van der Waals surface area contributed by atoms with Crippen molar-refractivity contribution in [3.8, 4) is 23.0 Å². The summed E-state index contributed by atoms with van der Waals surface area (Å²) < 4.78 is 29.3. The smallest absolute Gasteiger partial charge is 0.312 e. The van der Waals surface area contributed by atoms with E-state index in [4.69, 9.17) is 28.8 Å². The standard InChI is InChI=1S/C50H64N4O12/c1-27-13-11-14-28(2)49(61)52-41-35(25-51-54-20-18-53(19-21-54)26-34-15-12-16-36(23-34)62-9)24-37-39(45(41)59)44(58)32(6)47-40(37)48(60)50(8,66-47)64-22-17-38(63-10)29(3)46(65-33(7)55)31(5)43(57)30(4)42(27)56/h11-17,22-25,27,29-31,38,42-43,46,56-59H,18-21,26H2,1-10H3,(H,52,61)/b13-11+,22-17+,28-14-,51-25+. The molecule has 356 valence electrons. The van der Waals surface area contributed by atoms with Crippen LogP contribution in [0.25, 0.3) is 10.8 Å². The van der Waals surface area contributed by atoms with Crippen LogP contribution in [0, 0.1) is 30.6 Å². The summed E-state index contributed by atoms with van der Waals surface area (Å²) in [4.78, 5) is 43.1. The zero-order valence-corrected chi connectivity index (χ0v) is 39.4. The van der Waals surface area contributed by atoms with Crippen LogP contribution in [0.4, 0.5) is 5.69 Å². The monoisotopic (exact) mass is 912 g/mol. The molecule has 16 nitrogen and oxygen atoms in total. The molecule has 0 aromatic heterocycles. The molecule has 0 radical (unpaired) electrons. The van der Waals surface area contributed by atoms with Crippen LogP contribution >= 0.6 is 0 Å². The lowest BCUT2D eigenvalue weighted by molar-refractivity contribution is -0.160. The van der Waals surface area contributed by atoms with Gasteiger partial charge in [0.25, 0.3) is 11.7 Å². The molecule has 0 spiro atoms. The van der Waals surface area contributed by atoms with Gasteiger partial charge in [-0.25, -0.2) is 0 Å². The highest BCUT2D eigenvalue weighted by Gasteiger charge is 2.49. The van der Waals surface area contributed by atoms with Gasteiger partial charge in [0.05, 0.1) is 54.5 Å². The predicted octanol–water partition coefficient (Wildman–Crippen LogP) is 6.21. The highest BCUT2D eigenvalue weighted by molar-refractivity contribution is 6.21. The van der Waals surface area contributed by atoms with Crippen LogP contribution in [-0.4, -0.2) is 125 Å². The normalized spacial score (nSPS) is 29.8. The molecule has 1 fully saturated rings. The fourth-order valence-corrected chi connectivity index (χ4v) is 8.96. The van der Waals surface area contributed by atoms with Crippen LogP contribution in [0.2, 0.25) is 0 Å². The molecule has 3 aromatic carbocycles. The maximum absolute atomic E-state index is 14.5. The van der Waals surface area contributed by atoms with Gasteiger partial charge in [-0.3, -0.25) is 24.3 Å². The van der Waals surface area contributed by atoms with Gasteiger partial charge in [0.15, 0.2) is 5.75 Å². The lowest BCUT2D eigenvalue weighted by atomic mass is 9.78. The Hall–Kier alpha value is -5.94. The number of esters is 1. The Morgan fingerprint density at radius 1 is 0.970 bits per heavy atom. The highest BCUT2D eigenvalue weighted by atomic mass is 16.7. The number of nitrogens with one attached hydrogen (secondary N) is 1. The number of allylic oxidation sites excluding steroid dienone is 2. The summed E-state index contributed by atoms with van der Waals surface area (Å²) in [5.74, 6) is -6.14. The number of benzene rings is 3. The number of fused-ring (bicyclic) bond motifs is 14. The molecule has 0 saturated carbocycles. The molecule has 5 N–H and O–H groups in total. The number of amides is 1. The number of nitrogens with zero attached hydrogens (tertiary/aromatic N) is 3. The molecule has 66 heavy (non-hydrogen) atoms. The van der Waals surface area contributed by atoms with E-state index in [0.29, 0.717) is 26.2 Å². The van der Waals surface area contributed by atoms with Crippen molar-refractivity contribution in [2.24, 2.45) is 28.8 Å². The maximum atomic E-state index is 14.5. The third kappa shape index (κ3) is 10.4. The second-order valence-corrected chi connectivity index (χ2v) is 17.8. The number of aliphatic hydroxyl groups excluding tert-OH is 2. The van der Waals surface area contributed by atoms with Gasteiger partial charge in [-0.15, -0.1) is 0 Å². The summed E-state index contributed by atoms with van der Waals surface area (Å²) in [6.07, 6.45) is 5.39. The molecule has 0 aliphatic carbocycles. The van der Waals surface area contributed by atoms with Crippen LogP contribution in [0.5, 0.6) is 23.0 Å². The molecule has 3 aromatic rings.